The monoisotopic (exact) mass is 428 g/mol. The highest BCUT2D eigenvalue weighted by atomic mass is 16.1. The molecule has 0 radical (unpaired) electrons. The maximum Gasteiger partial charge on any atom is 0.252 e. The average Bonchev–Trinajstić information content (AvgIpc) is 3.15. The summed E-state index contributed by atoms with van der Waals surface area (Å²) in [5.74, 6) is 0.869. The average molecular weight is 429 g/mol. The summed E-state index contributed by atoms with van der Waals surface area (Å²) in [6, 6.07) is 18.7. The highest BCUT2D eigenvalue weighted by Crippen LogP contribution is 2.24. The summed E-state index contributed by atoms with van der Waals surface area (Å²) in [6.45, 7) is 5.22. The lowest BCUT2D eigenvalue weighted by Crippen LogP contribution is -2.25. The third-order valence-corrected chi connectivity index (χ3v) is 5.24. The van der Waals surface area contributed by atoms with Crippen LogP contribution in [0, 0.1) is 13.8 Å². The highest BCUT2D eigenvalue weighted by Gasteiger charge is 2.13. The van der Waals surface area contributed by atoms with Gasteiger partial charge in [0.05, 0.1) is 6.42 Å². The van der Waals surface area contributed by atoms with Crippen LogP contribution in [0.15, 0.2) is 54.6 Å². The predicted molar refractivity (Wildman–Crippen MR) is 125 cm³/mol. The van der Waals surface area contributed by atoms with Crippen molar-refractivity contribution in [2.75, 3.05) is 14.1 Å². The van der Waals surface area contributed by atoms with Gasteiger partial charge in [0.2, 0.25) is 5.91 Å². The molecule has 7 nitrogen and oxygen atoms in total. The van der Waals surface area contributed by atoms with Crippen molar-refractivity contribution in [2.45, 2.75) is 33.4 Å². The fourth-order valence-corrected chi connectivity index (χ4v) is 3.79. The Morgan fingerprint density at radius 1 is 1.03 bits per heavy atom. The Bertz CT molecular complexity index is 1240. The SMILES string of the molecule is Cc1cc(C)n2nc(CC(=O)NCc3ccccc3-c3ccc(CN(C)C)cc3)nc2n1. The minimum atomic E-state index is -0.119. The molecule has 0 aliphatic carbocycles. The third kappa shape index (κ3) is 5.00. The molecule has 0 saturated heterocycles. The van der Waals surface area contributed by atoms with Crippen molar-refractivity contribution < 1.29 is 4.79 Å². The molecule has 4 rings (SSSR count). The smallest absolute Gasteiger partial charge is 0.252 e. The van der Waals surface area contributed by atoms with Gasteiger partial charge in [-0.2, -0.15) is 4.98 Å². The largest absolute Gasteiger partial charge is 0.352 e. The van der Waals surface area contributed by atoms with Crippen molar-refractivity contribution in [3.63, 3.8) is 0 Å². The molecule has 0 aliphatic rings. The second kappa shape index (κ2) is 9.28. The van der Waals surface area contributed by atoms with Crippen molar-refractivity contribution in [2.24, 2.45) is 0 Å². The Morgan fingerprint density at radius 2 is 1.78 bits per heavy atom. The molecule has 7 heteroatoms. The van der Waals surface area contributed by atoms with E-state index in [1.165, 1.54) is 5.56 Å². The van der Waals surface area contributed by atoms with Gasteiger partial charge in [0.1, 0.15) is 0 Å². The summed E-state index contributed by atoms with van der Waals surface area (Å²) in [5.41, 5.74) is 6.41. The van der Waals surface area contributed by atoms with Crippen LogP contribution in [-0.4, -0.2) is 44.5 Å². The van der Waals surface area contributed by atoms with Gasteiger partial charge >= 0.3 is 0 Å². The van der Waals surface area contributed by atoms with Crippen LogP contribution in [-0.2, 0) is 24.3 Å². The maximum absolute atomic E-state index is 12.6. The van der Waals surface area contributed by atoms with E-state index in [1.807, 2.05) is 38.1 Å². The van der Waals surface area contributed by atoms with E-state index in [0.29, 0.717) is 18.1 Å². The van der Waals surface area contributed by atoms with Crippen LogP contribution in [0.2, 0.25) is 0 Å². The zero-order chi connectivity index (χ0) is 22.7. The van der Waals surface area contributed by atoms with E-state index < -0.39 is 0 Å². The van der Waals surface area contributed by atoms with Gasteiger partial charge in [-0.15, -0.1) is 5.10 Å². The van der Waals surface area contributed by atoms with Gasteiger partial charge in [0.25, 0.3) is 5.78 Å². The quantitative estimate of drug-likeness (QED) is 0.489. The van der Waals surface area contributed by atoms with Gasteiger partial charge in [-0.25, -0.2) is 9.50 Å². The number of carbonyl (C=O) groups excluding carboxylic acids is 1. The molecule has 0 atom stereocenters. The number of hydrogen-bond donors (Lipinski definition) is 1. The van der Waals surface area contributed by atoms with Gasteiger partial charge in [-0.3, -0.25) is 4.79 Å². The molecule has 0 fully saturated rings. The molecule has 2 aromatic heterocycles. The zero-order valence-electron chi connectivity index (χ0n) is 19.0. The first-order chi connectivity index (χ1) is 15.4. The molecular weight excluding hydrogens is 400 g/mol. The molecule has 0 bridgehead atoms. The van der Waals surface area contributed by atoms with Crippen LogP contribution in [0.1, 0.15) is 28.3 Å². The van der Waals surface area contributed by atoms with E-state index >= 15 is 0 Å². The molecular formula is C25H28N6O. The fourth-order valence-electron chi connectivity index (χ4n) is 3.79. The lowest BCUT2D eigenvalue weighted by molar-refractivity contribution is -0.120. The molecule has 0 unspecified atom stereocenters. The number of aromatic nitrogens is 4. The number of nitrogens with one attached hydrogen (secondary N) is 1. The molecule has 164 valence electrons. The topological polar surface area (TPSA) is 75.4 Å². The number of benzene rings is 2. The number of fused-ring (bicyclic) bond motifs is 1. The van der Waals surface area contributed by atoms with E-state index in [2.05, 4.69) is 69.7 Å². The summed E-state index contributed by atoms with van der Waals surface area (Å²) in [4.78, 5) is 23.5. The third-order valence-electron chi connectivity index (χ3n) is 5.24. The molecule has 32 heavy (non-hydrogen) atoms. The second-order valence-corrected chi connectivity index (χ2v) is 8.32. The Kier molecular flexibility index (Phi) is 6.28. The van der Waals surface area contributed by atoms with Crippen LogP contribution < -0.4 is 5.32 Å². The van der Waals surface area contributed by atoms with E-state index in [4.69, 9.17) is 0 Å². The van der Waals surface area contributed by atoms with Gasteiger partial charge in [0, 0.05) is 24.5 Å². The first-order valence-corrected chi connectivity index (χ1v) is 10.7. The van der Waals surface area contributed by atoms with Gasteiger partial charge < -0.3 is 10.2 Å². The molecule has 1 amide bonds. The van der Waals surface area contributed by atoms with Crippen LogP contribution in [0.3, 0.4) is 0 Å². The number of hydrogen-bond acceptors (Lipinski definition) is 5. The first-order valence-electron chi connectivity index (χ1n) is 10.7. The summed E-state index contributed by atoms with van der Waals surface area (Å²) in [5, 5.41) is 7.43. The van der Waals surface area contributed by atoms with E-state index in [-0.39, 0.29) is 12.3 Å². The summed E-state index contributed by atoms with van der Waals surface area (Å²) in [7, 11) is 4.12. The number of carbonyl (C=O) groups is 1. The summed E-state index contributed by atoms with van der Waals surface area (Å²) in [6.07, 6.45) is 0.114. The Labute approximate surface area is 188 Å². The molecule has 1 N–H and O–H groups in total. The molecule has 0 spiro atoms. The maximum atomic E-state index is 12.6. The Morgan fingerprint density at radius 3 is 2.53 bits per heavy atom. The van der Waals surface area contributed by atoms with Crippen LogP contribution >= 0.6 is 0 Å². The lowest BCUT2D eigenvalue weighted by atomic mass is 9.98. The van der Waals surface area contributed by atoms with E-state index in [9.17, 15) is 4.79 Å². The Hall–Kier alpha value is -3.58. The van der Waals surface area contributed by atoms with Crippen LogP contribution in [0.4, 0.5) is 0 Å². The number of aryl methyl sites for hydroxylation is 2. The Balaban J connectivity index is 1.44. The minimum absolute atomic E-state index is 0.114. The van der Waals surface area contributed by atoms with Gasteiger partial charge in [0.15, 0.2) is 5.82 Å². The first kappa shape index (κ1) is 21.6. The molecule has 2 heterocycles. The number of nitrogens with zero attached hydrogens (tertiary/aromatic N) is 5. The highest BCUT2D eigenvalue weighted by molar-refractivity contribution is 5.78. The predicted octanol–water partition coefficient (Wildman–Crippen LogP) is 3.33. The van der Waals surface area contributed by atoms with Crippen molar-refractivity contribution in [3.05, 3.63) is 82.9 Å². The summed E-state index contributed by atoms with van der Waals surface area (Å²) < 4.78 is 1.67. The second-order valence-electron chi connectivity index (χ2n) is 8.32. The standard InChI is InChI=1S/C25H28N6O/c1-17-13-18(2)31-25(27-17)28-23(29-31)14-24(32)26-15-21-7-5-6-8-22(21)20-11-9-19(10-12-20)16-30(3)4/h5-13H,14-16H2,1-4H3,(H,26,32). The number of rotatable bonds is 7. The van der Waals surface area contributed by atoms with E-state index in [1.54, 1.807) is 4.52 Å². The van der Waals surface area contributed by atoms with Crippen molar-refractivity contribution in [1.29, 1.82) is 0 Å². The van der Waals surface area contributed by atoms with Crippen LogP contribution in [0.5, 0.6) is 0 Å². The van der Waals surface area contributed by atoms with Crippen molar-refractivity contribution >= 4 is 11.7 Å². The van der Waals surface area contributed by atoms with Gasteiger partial charge in [-0.1, -0.05) is 48.5 Å². The zero-order valence-corrected chi connectivity index (χ0v) is 19.0. The van der Waals surface area contributed by atoms with E-state index in [0.717, 1.165) is 34.6 Å². The summed E-state index contributed by atoms with van der Waals surface area (Å²) >= 11 is 0. The fraction of sp³-hybridized carbons (Fsp3) is 0.280. The normalized spacial score (nSPS) is 11.3. The lowest BCUT2D eigenvalue weighted by Gasteiger charge is -2.13. The molecule has 2 aromatic carbocycles. The number of amides is 1. The molecule has 0 aliphatic heterocycles. The minimum Gasteiger partial charge on any atom is -0.352 e. The molecule has 0 saturated carbocycles. The van der Waals surface area contributed by atoms with Crippen molar-refractivity contribution in [3.8, 4) is 11.1 Å². The molecule has 4 aromatic rings. The van der Waals surface area contributed by atoms with Crippen LogP contribution in [0.25, 0.3) is 16.9 Å². The van der Waals surface area contributed by atoms with Gasteiger partial charge in [-0.05, 0) is 56.3 Å². The van der Waals surface area contributed by atoms with Crippen molar-refractivity contribution in [1.82, 2.24) is 29.8 Å².